The molecule has 1 fully saturated rings. The van der Waals surface area contributed by atoms with E-state index >= 15 is 0 Å². The van der Waals surface area contributed by atoms with Crippen molar-refractivity contribution in [2.75, 3.05) is 18.0 Å². The summed E-state index contributed by atoms with van der Waals surface area (Å²) in [6.45, 7) is 3.67. The molecule has 0 amide bonds. The molecule has 1 aliphatic rings. The van der Waals surface area contributed by atoms with Crippen LogP contribution < -0.4 is 9.64 Å². The van der Waals surface area contributed by atoms with Gasteiger partial charge < -0.3 is 9.64 Å². The van der Waals surface area contributed by atoms with Crippen molar-refractivity contribution in [1.29, 1.82) is 0 Å². The normalized spacial score (nSPS) is 18.0. The fraction of sp³-hybridized carbons (Fsp3) is 0.312. The molecule has 1 saturated heterocycles. The van der Waals surface area contributed by atoms with Crippen LogP contribution >= 0.6 is 23.2 Å². The molecule has 0 saturated carbocycles. The molecule has 3 nitrogen and oxygen atoms in total. The minimum Gasteiger partial charge on any atom is -0.485 e. The third kappa shape index (κ3) is 3.25. The average Bonchev–Trinajstić information content (AvgIpc) is 2.92. The molecule has 2 aromatic rings. The lowest BCUT2D eigenvalue weighted by Gasteiger charge is -2.19. The van der Waals surface area contributed by atoms with Crippen LogP contribution in [0.15, 0.2) is 36.5 Å². The van der Waals surface area contributed by atoms with Gasteiger partial charge in [0, 0.05) is 19.2 Å². The highest BCUT2D eigenvalue weighted by Crippen LogP contribution is 2.36. The molecule has 0 radical (unpaired) electrons. The number of hydrogen-bond donors (Lipinski definition) is 0. The van der Waals surface area contributed by atoms with Crippen molar-refractivity contribution in [3.8, 4) is 5.75 Å². The summed E-state index contributed by atoms with van der Waals surface area (Å²) in [5.74, 6) is 1.56. The summed E-state index contributed by atoms with van der Waals surface area (Å²) >= 11 is 12.5. The third-order valence-corrected chi connectivity index (χ3v) is 4.11. The summed E-state index contributed by atoms with van der Waals surface area (Å²) in [7, 11) is 0. The quantitative estimate of drug-likeness (QED) is 0.839. The Balaban J connectivity index is 1.71. The second-order valence-electron chi connectivity index (χ2n) is 5.22. The Morgan fingerprint density at radius 3 is 2.67 bits per heavy atom. The molecule has 110 valence electrons. The Labute approximate surface area is 134 Å². The molecule has 21 heavy (non-hydrogen) atoms. The van der Waals surface area contributed by atoms with Crippen molar-refractivity contribution in [3.63, 3.8) is 0 Å². The topological polar surface area (TPSA) is 25.4 Å². The zero-order valence-electron chi connectivity index (χ0n) is 11.7. The van der Waals surface area contributed by atoms with Gasteiger partial charge >= 0.3 is 0 Å². The zero-order chi connectivity index (χ0) is 14.8. The Hall–Kier alpha value is -1.45. The highest BCUT2D eigenvalue weighted by atomic mass is 35.5. The number of aromatic nitrogens is 1. The molecule has 0 spiro atoms. The summed E-state index contributed by atoms with van der Waals surface area (Å²) in [5, 5.41) is 1.13. The van der Waals surface area contributed by atoms with Crippen LogP contribution in [0.4, 0.5) is 5.82 Å². The molecule has 0 unspecified atom stereocenters. The maximum Gasteiger partial charge on any atom is 0.156 e. The second-order valence-corrected chi connectivity index (χ2v) is 6.03. The van der Waals surface area contributed by atoms with Crippen LogP contribution in [0.3, 0.4) is 0 Å². The van der Waals surface area contributed by atoms with Crippen LogP contribution in [-0.2, 0) is 0 Å². The van der Waals surface area contributed by atoms with Crippen molar-refractivity contribution in [2.24, 2.45) is 0 Å². The maximum absolute atomic E-state index is 6.23. The third-order valence-electron chi connectivity index (χ3n) is 3.55. The lowest BCUT2D eigenvalue weighted by Crippen LogP contribution is -2.25. The van der Waals surface area contributed by atoms with Crippen molar-refractivity contribution in [3.05, 3.63) is 52.1 Å². The van der Waals surface area contributed by atoms with Gasteiger partial charge in [0.2, 0.25) is 0 Å². The summed E-state index contributed by atoms with van der Waals surface area (Å²) in [4.78, 5) is 6.58. The molecular formula is C16H16Cl2N2O. The number of ether oxygens (including phenoxy) is 1. The number of aryl methyl sites for hydroxylation is 1. The van der Waals surface area contributed by atoms with E-state index in [1.54, 1.807) is 6.20 Å². The highest BCUT2D eigenvalue weighted by molar-refractivity contribution is 6.37. The van der Waals surface area contributed by atoms with Gasteiger partial charge in [-0.25, -0.2) is 4.98 Å². The Morgan fingerprint density at radius 2 is 2.00 bits per heavy atom. The molecule has 5 heteroatoms. The van der Waals surface area contributed by atoms with E-state index < -0.39 is 0 Å². The fourth-order valence-electron chi connectivity index (χ4n) is 2.54. The van der Waals surface area contributed by atoms with Crippen LogP contribution in [0, 0.1) is 6.92 Å². The van der Waals surface area contributed by atoms with E-state index in [0.717, 1.165) is 30.9 Å². The number of rotatable bonds is 3. The summed E-state index contributed by atoms with van der Waals surface area (Å²) in [6, 6.07) is 9.65. The predicted molar refractivity (Wildman–Crippen MR) is 86.7 cm³/mol. The highest BCUT2D eigenvalue weighted by Gasteiger charge is 2.26. The first kappa shape index (κ1) is 14.5. The van der Waals surface area contributed by atoms with Crippen LogP contribution in [0.2, 0.25) is 10.0 Å². The SMILES string of the molecule is Cc1cc(Cl)c(O[C@H]2CCN(c3ccccn3)C2)c(Cl)c1. The Bertz CT molecular complexity index is 610. The van der Waals surface area contributed by atoms with E-state index in [1.807, 2.05) is 37.3 Å². The molecule has 1 aromatic heterocycles. The number of benzene rings is 1. The van der Waals surface area contributed by atoms with Crippen molar-refractivity contribution in [2.45, 2.75) is 19.4 Å². The van der Waals surface area contributed by atoms with Crippen molar-refractivity contribution >= 4 is 29.0 Å². The van der Waals surface area contributed by atoms with E-state index in [4.69, 9.17) is 27.9 Å². The number of anilines is 1. The molecule has 1 aliphatic heterocycles. The van der Waals surface area contributed by atoms with Gasteiger partial charge in [-0.1, -0.05) is 29.3 Å². The predicted octanol–water partition coefficient (Wildman–Crippen LogP) is 4.35. The monoisotopic (exact) mass is 322 g/mol. The van der Waals surface area contributed by atoms with Crippen LogP contribution in [0.25, 0.3) is 0 Å². The molecule has 0 aliphatic carbocycles. The molecule has 1 aromatic carbocycles. The van der Waals surface area contributed by atoms with Crippen LogP contribution in [-0.4, -0.2) is 24.2 Å². The number of halogens is 2. The molecule has 0 N–H and O–H groups in total. The van der Waals surface area contributed by atoms with Crippen molar-refractivity contribution < 1.29 is 4.74 Å². The van der Waals surface area contributed by atoms with Gasteiger partial charge in [-0.2, -0.15) is 0 Å². The van der Waals surface area contributed by atoms with E-state index in [0.29, 0.717) is 15.8 Å². The largest absolute Gasteiger partial charge is 0.485 e. The molecular weight excluding hydrogens is 307 g/mol. The lowest BCUT2D eigenvalue weighted by molar-refractivity contribution is 0.225. The van der Waals surface area contributed by atoms with E-state index in [2.05, 4.69) is 9.88 Å². The molecule has 3 rings (SSSR count). The average molecular weight is 323 g/mol. The molecule has 2 heterocycles. The van der Waals surface area contributed by atoms with E-state index in [1.165, 1.54) is 0 Å². The number of nitrogens with zero attached hydrogens (tertiary/aromatic N) is 2. The lowest BCUT2D eigenvalue weighted by atomic mass is 10.2. The van der Waals surface area contributed by atoms with Gasteiger partial charge in [-0.05, 0) is 36.8 Å². The first-order chi connectivity index (χ1) is 10.1. The van der Waals surface area contributed by atoms with Gasteiger partial charge in [-0.15, -0.1) is 0 Å². The number of pyridine rings is 1. The smallest absolute Gasteiger partial charge is 0.156 e. The minimum absolute atomic E-state index is 0.0738. The van der Waals surface area contributed by atoms with Gasteiger partial charge in [0.1, 0.15) is 11.9 Å². The molecule has 1 atom stereocenters. The van der Waals surface area contributed by atoms with E-state index in [9.17, 15) is 0 Å². The van der Waals surface area contributed by atoms with Crippen molar-refractivity contribution in [1.82, 2.24) is 4.98 Å². The standard InChI is InChI=1S/C16H16Cl2N2O/c1-11-8-13(17)16(14(18)9-11)21-12-5-7-20(10-12)15-4-2-3-6-19-15/h2-4,6,8-9,12H,5,7,10H2,1H3/t12-/m0/s1. The van der Waals surface area contributed by atoms with Gasteiger partial charge in [0.05, 0.1) is 16.6 Å². The summed E-state index contributed by atoms with van der Waals surface area (Å²) in [6.07, 6.45) is 2.80. The zero-order valence-corrected chi connectivity index (χ0v) is 13.2. The second kappa shape index (κ2) is 6.12. The van der Waals surface area contributed by atoms with Crippen LogP contribution in [0.5, 0.6) is 5.75 Å². The minimum atomic E-state index is 0.0738. The Kier molecular flexibility index (Phi) is 4.22. The maximum atomic E-state index is 6.23. The number of hydrogen-bond acceptors (Lipinski definition) is 3. The van der Waals surface area contributed by atoms with Gasteiger partial charge in [0.25, 0.3) is 0 Å². The van der Waals surface area contributed by atoms with E-state index in [-0.39, 0.29) is 6.10 Å². The van der Waals surface area contributed by atoms with Gasteiger partial charge in [-0.3, -0.25) is 0 Å². The fourth-order valence-corrected chi connectivity index (χ4v) is 3.22. The first-order valence-corrected chi connectivity index (χ1v) is 7.67. The molecule has 0 bridgehead atoms. The van der Waals surface area contributed by atoms with Crippen LogP contribution in [0.1, 0.15) is 12.0 Å². The summed E-state index contributed by atoms with van der Waals surface area (Å²) < 4.78 is 6.01. The summed E-state index contributed by atoms with van der Waals surface area (Å²) in [5.41, 5.74) is 1.03. The first-order valence-electron chi connectivity index (χ1n) is 6.92. The van der Waals surface area contributed by atoms with Gasteiger partial charge in [0.15, 0.2) is 5.75 Å². The Morgan fingerprint density at radius 1 is 1.24 bits per heavy atom.